The summed E-state index contributed by atoms with van der Waals surface area (Å²) in [6, 6.07) is 18.2. The molecule has 140 valence electrons. The fraction of sp³-hybridized carbons (Fsp3) is 0.0435. The van der Waals surface area contributed by atoms with Crippen molar-refractivity contribution >= 4 is 29.1 Å². The maximum atomic E-state index is 12.8. The molecule has 0 unspecified atom stereocenters. The molecule has 2 amide bonds. The minimum atomic E-state index is -0.365. The van der Waals surface area contributed by atoms with Gasteiger partial charge in [0.1, 0.15) is 0 Å². The molecular formula is C23H14N2O4. The molecule has 0 radical (unpaired) electrons. The number of carbonyl (C=O) groups excluding carboxylic acids is 4. The Morgan fingerprint density at radius 2 is 1.07 bits per heavy atom. The number of hydrogen-bond donors (Lipinski definition) is 1. The first kappa shape index (κ1) is 17.1. The van der Waals surface area contributed by atoms with E-state index in [1.54, 1.807) is 66.7 Å². The van der Waals surface area contributed by atoms with Crippen LogP contribution in [0.4, 0.5) is 5.69 Å². The molecule has 6 nitrogen and oxygen atoms in total. The highest BCUT2D eigenvalue weighted by Gasteiger charge is 2.35. The molecule has 5 rings (SSSR count). The molecule has 1 N–H and O–H groups in total. The van der Waals surface area contributed by atoms with E-state index in [0.29, 0.717) is 39.1 Å². The summed E-state index contributed by atoms with van der Waals surface area (Å²) in [5.41, 5.74) is 2.73. The number of benzene rings is 3. The maximum absolute atomic E-state index is 12.8. The van der Waals surface area contributed by atoms with Crippen LogP contribution >= 0.6 is 0 Å². The first-order valence-electron chi connectivity index (χ1n) is 9.08. The zero-order chi connectivity index (χ0) is 20.1. The van der Waals surface area contributed by atoms with E-state index in [1.165, 1.54) is 0 Å². The van der Waals surface area contributed by atoms with E-state index in [9.17, 15) is 19.2 Å². The minimum absolute atomic E-state index is 0.0378. The lowest BCUT2D eigenvalue weighted by atomic mass is 9.84. The number of nitrogens with zero attached hydrogens (tertiary/aromatic N) is 1. The van der Waals surface area contributed by atoms with Crippen LogP contribution in [0.25, 0.3) is 0 Å². The molecule has 0 fully saturated rings. The van der Waals surface area contributed by atoms with E-state index >= 15 is 0 Å². The predicted octanol–water partition coefficient (Wildman–Crippen LogP) is 3.13. The van der Waals surface area contributed by atoms with Crippen LogP contribution in [0.1, 0.15) is 52.6 Å². The van der Waals surface area contributed by atoms with Crippen molar-refractivity contribution in [1.29, 1.82) is 0 Å². The Kier molecular flexibility index (Phi) is 3.67. The van der Waals surface area contributed by atoms with Crippen molar-refractivity contribution in [2.24, 2.45) is 0 Å². The standard InChI is InChI=1S/C23H14N2O4/c26-20-14-5-1-2-6-15(14)21(27)19-11-13(9-10-16(19)20)24-12-25-22(28)17-7-3-4-8-18(17)23(25)29/h1-11,24H,12H2. The van der Waals surface area contributed by atoms with Crippen molar-refractivity contribution in [3.05, 3.63) is 100 Å². The first-order valence-corrected chi connectivity index (χ1v) is 9.08. The molecule has 1 heterocycles. The number of ketones is 2. The van der Waals surface area contributed by atoms with Gasteiger partial charge in [-0.05, 0) is 30.3 Å². The third-order valence-corrected chi connectivity index (χ3v) is 5.24. The summed E-state index contributed by atoms with van der Waals surface area (Å²) in [4.78, 5) is 51.5. The molecule has 29 heavy (non-hydrogen) atoms. The Hall–Kier alpha value is -4.06. The third kappa shape index (κ3) is 2.50. The van der Waals surface area contributed by atoms with Crippen LogP contribution < -0.4 is 5.32 Å². The van der Waals surface area contributed by atoms with E-state index in [2.05, 4.69) is 5.32 Å². The molecule has 6 heteroatoms. The molecule has 1 aliphatic heterocycles. The summed E-state index contributed by atoms with van der Waals surface area (Å²) in [5.74, 6) is -1.14. The van der Waals surface area contributed by atoms with E-state index in [-0.39, 0.29) is 30.0 Å². The molecule has 0 saturated carbocycles. The lowest BCUT2D eigenvalue weighted by molar-refractivity contribution is 0.0665. The van der Waals surface area contributed by atoms with Crippen LogP contribution in [0.3, 0.4) is 0 Å². The van der Waals surface area contributed by atoms with Crippen molar-refractivity contribution < 1.29 is 19.2 Å². The lowest BCUT2D eigenvalue weighted by Crippen LogP contribution is -2.34. The van der Waals surface area contributed by atoms with Gasteiger partial charge in [-0.1, -0.05) is 36.4 Å². The van der Waals surface area contributed by atoms with E-state index < -0.39 is 0 Å². The SMILES string of the molecule is O=C1c2ccccc2C(=O)c2cc(NCN3C(=O)c4ccccc4C3=O)ccc21. The average molecular weight is 382 g/mol. The topological polar surface area (TPSA) is 83.6 Å². The Labute approximate surface area is 165 Å². The van der Waals surface area contributed by atoms with Crippen molar-refractivity contribution in [3.63, 3.8) is 0 Å². The monoisotopic (exact) mass is 382 g/mol. The quantitative estimate of drug-likeness (QED) is 0.551. The number of carbonyl (C=O) groups is 4. The molecule has 2 aliphatic rings. The van der Waals surface area contributed by atoms with Crippen LogP contribution in [0, 0.1) is 0 Å². The highest BCUT2D eigenvalue weighted by Crippen LogP contribution is 2.29. The van der Waals surface area contributed by atoms with Crippen LogP contribution in [0.5, 0.6) is 0 Å². The second-order valence-electron chi connectivity index (χ2n) is 6.88. The van der Waals surface area contributed by atoms with E-state index in [0.717, 1.165) is 4.90 Å². The summed E-state index contributed by atoms with van der Waals surface area (Å²) in [5, 5.41) is 3.01. The van der Waals surface area contributed by atoms with Crippen molar-refractivity contribution in [1.82, 2.24) is 4.90 Å². The number of hydrogen-bond acceptors (Lipinski definition) is 5. The third-order valence-electron chi connectivity index (χ3n) is 5.24. The van der Waals surface area contributed by atoms with Gasteiger partial charge >= 0.3 is 0 Å². The van der Waals surface area contributed by atoms with E-state index in [1.807, 2.05) is 0 Å². The summed E-state index contributed by atoms with van der Waals surface area (Å²) in [7, 11) is 0. The number of fused-ring (bicyclic) bond motifs is 3. The zero-order valence-electron chi connectivity index (χ0n) is 15.1. The van der Waals surface area contributed by atoms with E-state index in [4.69, 9.17) is 0 Å². The Balaban J connectivity index is 1.41. The second kappa shape index (κ2) is 6.24. The average Bonchev–Trinajstić information content (AvgIpc) is 3.00. The first-order chi connectivity index (χ1) is 14.1. The van der Waals surface area contributed by atoms with Gasteiger partial charge in [-0.3, -0.25) is 24.1 Å². The molecule has 0 saturated heterocycles. The predicted molar refractivity (Wildman–Crippen MR) is 105 cm³/mol. The van der Waals surface area contributed by atoms with Crippen molar-refractivity contribution in [3.8, 4) is 0 Å². The minimum Gasteiger partial charge on any atom is -0.367 e. The molecule has 1 aliphatic carbocycles. The van der Waals surface area contributed by atoms with Crippen LogP contribution in [-0.2, 0) is 0 Å². The van der Waals surface area contributed by atoms with Gasteiger partial charge in [0.2, 0.25) is 0 Å². The summed E-state index contributed by atoms with van der Waals surface area (Å²) in [6.45, 7) is -0.0378. The molecular weight excluding hydrogens is 368 g/mol. The molecule has 0 atom stereocenters. The van der Waals surface area contributed by atoms with Gasteiger partial charge < -0.3 is 5.32 Å². The van der Waals surface area contributed by atoms with Gasteiger partial charge in [-0.15, -0.1) is 0 Å². The Morgan fingerprint density at radius 1 is 0.586 bits per heavy atom. The molecule has 0 aromatic heterocycles. The molecule has 3 aromatic carbocycles. The smallest absolute Gasteiger partial charge is 0.263 e. The summed E-state index contributed by atoms with van der Waals surface area (Å²) in [6.07, 6.45) is 0. The number of rotatable bonds is 3. The summed E-state index contributed by atoms with van der Waals surface area (Å²) >= 11 is 0. The lowest BCUT2D eigenvalue weighted by Gasteiger charge is -2.20. The Bertz CT molecular complexity index is 1210. The Morgan fingerprint density at radius 3 is 1.66 bits per heavy atom. The fourth-order valence-electron chi connectivity index (χ4n) is 3.76. The van der Waals surface area contributed by atoms with Gasteiger partial charge in [-0.2, -0.15) is 0 Å². The van der Waals surface area contributed by atoms with Gasteiger partial charge in [0.05, 0.1) is 17.8 Å². The normalized spacial score (nSPS) is 14.6. The summed E-state index contributed by atoms with van der Waals surface area (Å²) < 4.78 is 0. The maximum Gasteiger partial charge on any atom is 0.263 e. The number of nitrogens with one attached hydrogen (secondary N) is 1. The molecule has 3 aromatic rings. The zero-order valence-corrected chi connectivity index (χ0v) is 15.1. The molecule has 0 bridgehead atoms. The van der Waals surface area contributed by atoms with Gasteiger partial charge in [0.15, 0.2) is 11.6 Å². The van der Waals surface area contributed by atoms with Crippen LogP contribution in [-0.4, -0.2) is 34.9 Å². The largest absolute Gasteiger partial charge is 0.367 e. The van der Waals surface area contributed by atoms with Crippen molar-refractivity contribution in [2.45, 2.75) is 0 Å². The number of imide groups is 1. The van der Waals surface area contributed by atoms with Gasteiger partial charge in [0, 0.05) is 27.9 Å². The highest BCUT2D eigenvalue weighted by molar-refractivity contribution is 6.28. The van der Waals surface area contributed by atoms with Crippen LogP contribution in [0.2, 0.25) is 0 Å². The van der Waals surface area contributed by atoms with Gasteiger partial charge in [-0.25, -0.2) is 0 Å². The number of anilines is 1. The second-order valence-corrected chi connectivity index (χ2v) is 6.88. The molecule has 0 spiro atoms. The van der Waals surface area contributed by atoms with Crippen molar-refractivity contribution in [2.75, 3.05) is 12.0 Å². The fourth-order valence-corrected chi connectivity index (χ4v) is 3.76. The highest BCUT2D eigenvalue weighted by atomic mass is 16.2. The number of amides is 2. The van der Waals surface area contributed by atoms with Crippen LogP contribution in [0.15, 0.2) is 66.7 Å². The van der Waals surface area contributed by atoms with Gasteiger partial charge in [0.25, 0.3) is 11.8 Å².